The quantitative estimate of drug-likeness (QED) is 0.576. The highest BCUT2D eigenvalue weighted by atomic mass is 32.1. The van der Waals surface area contributed by atoms with Gasteiger partial charge in [0.25, 0.3) is 0 Å². The molecule has 0 saturated carbocycles. The molecule has 0 bridgehead atoms. The molecule has 1 atom stereocenters. The van der Waals surface area contributed by atoms with Gasteiger partial charge in [-0.05, 0) is 53.9 Å². The maximum absolute atomic E-state index is 11.8. The fourth-order valence-corrected chi connectivity index (χ4v) is 5.12. The van der Waals surface area contributed by atoms with Gasteiger partial charge in [0.05, 0.1) is 5.69 Å². The first kappa shape index (κ1) is 16.6. The van der Waals surface area contributed by atoms with Crippen molar-refractivity contribution < 1.29 is 5.11 Å². The summed E-state index contributed by atoms with van der Waals surface area (Å²) in [6.07, 6.45) is 1.68. The van der Waals surface area contributed by atoms with Gasteiger partial charge < -0.3 is 5.11 Å². The molecule has 4 nitrogen and oxygen atoms in total. The Balaban J connectivity index is 1.65. The van der Waals surface area contributed by atoms with Crippen LogP contribution in [0.15, 0.2) is 66.9 Å². The number of nitrogens with zero attached hydrogens (tertiary/aromatic N) is 3. The van der Waals surface area contributed by atoms with Gasteiger partial charge in [-0.3, -0.25) is 4.90 Å². The molecule has 27 heavy (non-hydrogen) atoms. The van der Waals surface area contributed by atoms with Gasteiger partial charge in [-0.1, -0.05) is 30.3 Å². The summed E-state index contributed by atoms with van der Waals surface area (Å²) < 4.78 is 1.20. The van der Waals surface area contributed by atoms with E-state index in [-0.39, 0.29) is 0 Å². The molecule has 3 heterocycles. The fourth-order valence-electron chi connectivity index (χ4n) is 3.96. The SMILES string of the molecule is CN1Cc2cc(-c3cccnn3)ccc2C(O)(c2cc3ccccc3s2)C1. The first-order chi connectivity index (χ1) is 13.1. The molecule has 1 unspecified atom stereocenters. The van der Waals surface area contributed by atoms with Crippen LogP contribution in [0.25, 0.3) is 21.3 Å². The van der Waals surface area contributed by atoms with Crippen LogP contribution >= 0.6 is 11.3 Å². The van der Waals surface area contributed by atoms with Gasteiger partial charge in [-0.25, -0.2) is 0 Å². The zero-order valence-electron chi connectivity index (χ0n) is 15.0. The van der Waals surface area contributed by atoms with E-state index in [1.165, 1.54) is 10.1 Å². The Hall–Kier alpha value is -2.60. The summed E-state index contributed by atoms with van der Waals surface area (Å²) in [4.78, 5) is 3.16. The van der Waals surface area contributed by atoms with Gasteiger partial charge in [0, 0.05) is 34.4 Å². The lowest BCUT2D eigenvalue weighted by Crippen LogP contribution is -2.44. The molecule has 1 aliphatic rings. The minimum atomic E-state index is -1.01. The monoisotopic (exact) mass is 373 g/mol. The molecule has 0 amide bonds. The van der Waals surface area contributed by atoms with Gasteiger partial charge in [0.2, 0.25) is 0 Å². The number of rotatable bonds is 2. The molecule has 0 fully saturated rings. The maximum atomic E-state index is 11.8. The lowest BCUT2D eigenvalue weighted by molar-refractivity contribution is 0.0315. The van der Waals surface area contributed by atoms with Gasteiger partial charge in [0.1, 0.15) is 5.60 Å². The number of hydrogen-bond acceptors (Lipinski definition) is 5. The molecular formula is C22H19N3OS. The minimum absolute atomic E-state index is 0.581. The van der Waals surface area contributed by atoms with Crippen LogP contribution in [-0.4, -0.2) is 33.8 Å². The molecule has 134 valence electrons. The predicted octanol–water partition coefficient (Wildman–Crippen LogP) is 4.04. The average Bonchev–Trinajstić information content (AvgIpc) is 3.13. The molecular weight excluding hydrogens is 354 g/mol. The van der Waals surface area contributed by atoms with Crippen molar-refractivity contribution in [2.75, 3.05) is 13.6 Å². The van der Waals surface area contributed by atoms with E-state index in [4.69, 9.17) is 0 Å². The molecule has 1 aliphatic heterocycles. The smallest absolute Gasteiger partial charge is 0.137 e. The fraction of sp³-hybridized carbons (Fsp3) is 0.182. The number of β-amino-alcohol motifs (C(OH)–C–C–N with tert-alkyl or cyclic N) is 1. The van der Waals surface area contributed by atoms with Crippen molar-refractivity contribution in [1.29, 1.82) is 0 Å². The number of aliphatic hydroxyl groups is 1. The Morgan fingerprint density at radius 1 is 1.07 bits per heavy atom. The van der Waals surface area contributed by atoms with Crippen molar-refractivity contribution in [2.24, 2.45) is 0 Å². The Labute approximate surface area is 161 Å². The summed E-state index contributed by atoms with van der Waals surface area (Å²) in [7, 11) is 2.05. The van der Waals surface area contributed by atoms with Crippen LogP contribution in [0.4, 0.5) is 0 Å². The van der Waals surface area contributed by atoms with Gasteiger partial charge >= 0.3 is 0 Å². The second-order valence-electron chi connectivity index (χ2n) is 7.16. The molecule has 0 spiro atoms. The van der Waals surface area contributed by atoms with Gasteiger partial charge in [-0.2, -0.15) is 10.2 Å². The summed E-state index contributed by atoms with van der Waals surface area (Å²) in [5.41, 5.74) is 2.98. The summed E-state index contributed by atoms with van der Waals surface area (Å²) >= 11 is 1.67. The van der Waals surface area contributed by atoms with E-state index in [0.29, 0.717) is 6.54 Å². The van der Waals surface area contributed by atoms with Crippen LogP contribution in [0.3, 0.4) is 0 Å². The lowest BCUT2D eigenvalue weighted by atomic mass is 9.83. The Kier molecular flexibility index (Phi) is 3.82. The predicted molar refractivity (Wildman–Crippen MR) is 109 cm³/mol. The highest BCUT2D eigenvalue weighted by Crippen LogP contribution is 2.42. The first-order valence-electron chi connectivity index (χ1n) is 8.95. The van der Waals surface area contributed by atoms with Crippen molar-refractivity contribution in [3.05, 3.63) is 82.9 Å². The number of benzene rings is 2. The number of thiophene rings is 1. The molecule has 5 heteroatoms. The second-order valence-corrected chi connectivity index (χ2v) is 8.25. The summed E-state index contributed by atoms with van der Waals surface area (Å²) in [5.74, 6) is 0. The third-order valence-electron chi connectivity index (χ3n) is 5.19. The molecule has 5 rings (SSSR count). The molecule has 1 N–H and O–H groups in total. The standard InChI is InChI=1S/C22H19N3OS/c1-25-13-17-11-15(19-6-4-10-23-24-19)8-9-18(17)22(26,14-25)21-12-16-5-2-3-7-20(16)27-21/h2-12,26H,13-14H2,1H3. The molecule has 0 radical (unpaired) electrons. The van der Waals surface area contributed by atoms with E-state index in [0.717, 1.165) is 33.8 Å². The number of likely N-dealkylation sites (N-methyl/N-ethyl adjacent to an activating group) is 1. The largest absolute Gasteiger partial charge is 0.378 e. The Morgan fingerprint density at radius 2 is 1.96 bits per heavy atom. The molecule has 2 aromatic carbocycles. The van der Waals surface area contributed by atoms with Gasteiger partial charge in [0.15, 0.2) is 0 Å². The topological polar surface area (TPSA) is 49.2 Å². The van der Waals surface area contributed by atoms with Crippen LogP contribution in [0, 0.1) is 0 Å². The van der Waals surface area contributed by atoms with Crippen LogP contribution in [0.1, 0.15) is 16.0 Å². The first-order valence-corrected chi connectivity index (χ1v) is 9.77. The zero-order valence-corrected chi connectivity index (χ0v) is 15.8. The van der Waals surface area contributed by atoms with E-state index >= 15 is 0 Å². The van der Waals surface area contributed by atoms with Crippen molar-refractivity contribution in [2.45, 2.75) is 12.1 Å². The summed E-state index contributed by atoms with van der Waals surface area (Å²) in [6.45, 7) is 1.38. The Morgan fingerprint density at radius 3 is 2.78 bits per heavy atom. The van der Waals surface area contributed by atoms with Crippen LogP contribution in [0.5, 0.6) is 0 Å². The normalized spacial score (nSPS) is 19.9. The number of hydrogen-bond donors (Lipinski definition) is 1. The van der Waals surface area contributed by atoms with Crippen molar-refractivity contribution in [3.8, 4) is 11.3 Å². The van der Waals surface area contributed by atoms with Crippen LogP contribution in [-0.2, 0) is 12.1 Å². The minimum Gasteiger partial charge on any atom is -0.378 e. The van der Waals surface area contributed by atoms with E-state index in [2.05, 4.69) is 52.5 Å². The maximum Gasteiger partial charge on any atom is 0.137 e. The number of aromatic nitrogens is 2. The third kappa shape index (κ3) is 2.75. The average molecular weight is 373 g/mol. The molecule has 0 aliphatic carbocycles. The van der Waals surface area contributed by atoms with E-state index < -0.39 is 5.60 Å². The van der Waals surface area contributed by atoms with Crippen molar-refractivity contribution in [3.63, 3.8) is 0 Å². The van der Waals surface area contributed by atoms with Crippen molar-refractivity contribution in [1.82, 2.24) is 15.1 Å². The third-order valence-corrected chi connectivity index (χ3v) is 6.46. The van der Waals surface area contributed by atoms with Gasteiger partial charge in [-0.15, -0.1) is 11.3 Å². The highest BCUT2D eigenvalue weighted by molar-refractivity contribution is 7.19. The van der Waals surface area contributed by atoms with Crippen LogP contribution in [0.2, 0.25) is 0 Å². The summed E-state index contributed by atoms with van der Waals surface area (Å²) in [5, 5.41) is 21.1. The van der Waals surface area contributed by atoms with E-state index in [1.807, 2.05) is 30.3 Å². The highest BCUT2D eigenvalue weighted by Gasteiger charge is 2.39. The molecule has 4 aromatic rings. The lowest BCUT2D eigenvalue weighted by Gasteiger charge is -2.39. The second kappa shape index (κ2) is 6.23. The zero-order chi connectivity index (χ0) is 18.4. The van der Waals surface area contributed by atoms with E-state index in [1.54, 1.807) is 17.5 Å². The summed E-state index contributed by atoms with van der Waals surface area (Å²) in [6, 6.07) is 20.5. The Bertz CT molecular complexity index is 1090. The molecule has 0 saturated heterocycles. The number of fused-ring (bicyclic) bond motifs is 2. The molecule has 2 aromatic heterocycles. The van der Waals surface area contributed by atoms with Crippen LogP contribution < -0.4 is 0 Å². The van der Waals surface area contributed by atoms with E-state index in [9.17, 15) is 5.11 Å². The van der Waals surface area contributed by atoms with Crippen molar-refractivity contribution >= 4 is 21.4 Å².